The average Bonchev–Trinajstić information content (AvgIpc) is 2.43. The lowest BCUT2D eigenvalue weighted by atomic mass is 9.78. The standard InChI is InChI=1S/C17H24ClNO2/c1-13-6-7-14(10-15(13)18)12-19(2)17(11-16(20)21)8-4-3-5-9-17/h6-7,10H,3-5,8-9,11-12H2,1-2H3,(H,20,21). The van der Waals surface area contributed by atoms with Crippen molar-refractivity contribution >= 4 is 17.6 Å². The molecular formula is C17H24ClNO2. The fourth-order valence-corrected chi connectivity index (χ4v) is 3.56. The largest absolute Gasteiger partial charge is 0.481 e. The van der Waals surface area contributed by atoms with Gasteiger partial charge in [-0.05, 0) is 44.0 Å². The van der Waals surface area contributed by atoms with E-state index >= 15 is 0 Å². The van der Waals surface area contributed by atoms with Crippen LogP contribution >= 0.6 is 11.6 Å². The third kappa shape index (κ3) is 3.98. The number of carbonyl (C=O) groups is 1. The molecule has 0 atom stereocenters. The van der Waals surface area contributed by atoms with Crippen molar-refractivity contribution in [2.45, 2.75) is 57.5 Å². The normalized spacial score (nSPS) is 17.9. The van der Waals surface area contributed by atoms with Gasteiger partial charge in [0.1, 0.15) is 0 Å². The molecular weight excluding hydrogens is 286 g/mol. The van der Waals surface area contributed by atoms with E-state index in [4.69, 9.17) is 11.6 Å². The molecule has 1 fully saturated rings. The second kappa shape index (κ2) is 6.80. The van der Waals surface area contributed by atoms with Crippen LogP contribution in [0.25, 0.3) is 0 Å². The summed E-state index contributed by atoms with van der Waals surface area (Å²) in [5, 5.41) is 10.1. The van der Waals surface area contributed by atoms with Crippen LogP contribution in [-0.2, 0) is 11.3 Å². The molecule has 0 spiro atoms. The molecule has 21 heavy (non-hydrogen) atoms. The quantitative estimate of drug-likeness (QED) is 0.883. The molecule has 0 amide bonds. The smallest absolute Gasteiger partial charge is 0.305 e. The van der Waals surface area contributed by atoms with Gasteiger partial charge in [0.05, 0.1) is 6.42 Å². The van der Waals surface area contributed by atoms with Crippen molar-refractivity contribution in [3.63, 3.8) is 0 Å². The number of hydrogen-bond acceptors (Lipinski definition) is 2. The fraction of sp³-hybridized carbons (Fsp3) is 0.588. The number of halogens is 1. The summed E-state index contributed by atoms with van der Waals surface area (Å²) in [4.78, 5) is 13.5. The maximum atomic E-state index is 11.3. The van der Waals surface area contributed by atoms with Gasteiger partial charge in [-0.2, -0.15) is 0 Å². The molecule has 3 nitrogen and oxygen atoms in total. The summed E-state index contributed by atoms with van der Waals surface area (Å²) < 4.78 is 0. The zero-order chi connectivity index (χ0) is 15.5. The first kappa shape index (κ1) is 16.3. The molecule has 1 aromatic rings. The zero-order valence-corrected chi connectivity index (χ0v) is 13.6. The fourth-order valence-electron chi connectivity index (χ4n) is 3.36. The van der Waals surface area contributed by atoms with Gasteiger partial charge in [-0.15, -0.1) is 0 Å². The molecule has 0 aromatic heterocycles. The van der Waals surface area contributed by atoms with E-state index in [9.17, 15) is 9.90 Å². The first-order valence-corrected chi connectivity index (χ1v) is 7.99. The minimum absolute atomic E-state index is 0.207. The van der Waals surface area contributed by atoms with E-state index < -0.39 is 5.97 Å². The van der Waals surface area contributed by atoms with E-state index in [1.807, 2.05) is 26.1 Å². The van der Waals surface area contributed by atoms with Gasteiger partial charge in [0.2, 0.25) is 0 Å². The SMILES string of the molecule is Cc1ccc(CN(C)C2(CC(=O)O)CCCCC2)cc1Cl. The van der Waals surface area contributed by atoms with Crippen LogP contribution in [0.2, 0.25) is 5.02 Å². The average molecular weight is 310 g/mol. The summed E-state index contributed by atoms with van der Waals surface area (Å²) in [5.41, 5.74) is 2.01. The van der Waals surface area contributed by atoms with Crippen LogP contribution in [0.3, 0.4) is 0 Å². The maximum absolute atomic E-state index is 11.3. The summed E-state index contributed by atoms with van der Waals surface area (Å²) in [5.74, 6) is -0.703. The number of carboxylic acid groups (broad SMARTS) is 1. The summed E-state index contributed by atoms with van der Waals surface area (Å²) in [6.07, 6.45) is 5.61. The number of rotatable bonds is 5. The summed E-state index contributed by atoms with van der Waals surface area (Å²) in [6, 6.07) is 6.09. The van der Waals surface area contributed by atoms with Gasteiger partial charge in [0.15, 0.2) is 0 Å². The molecule has 1 aliphatic rings. The molecule has 0 saturated heterocycles. The minimum atomic E-state index is -0.703. The van der Waals surface area contributed by atoms with Crippen molar-refractivity contribution < 1.29 is 9.90 Å². The highest BCUT2D eigenvalue weighted by Crippen LogP contribution is 2.36. The highest BCUT2D eigenvalue weighted by Gasteiger charge is 2.37. The number of carboxylic acids is 1. The van der Waals surface area contributed by atoms with E-state index in [0.717, 1.165) is 48.4 Å². The van der Waals surface area contributed by atoms with Gasteiger partial charge in [0, 0.05) is 17.1 Å². The van der Waals surface area contributed by atoms with Gasteiger partial charge in [0.25, 0.3) is 0 Å². The Kier molecular flexibility index (Phi) is 5.28. The third-order valence-electron chi connectivity index (χ3n) is 4.73. The summed E-state index contributed by atoms with van der Waals surface area (Å²) in [6.45, 7) is 2.73. The van der Waals surface area contributed by atoms with Crippen molar-refractivity contribution in [1.82, 2.24) is 4.90 Å². The number of aliphatic carboxylic acids is 1. The highest BCUT2D eigenvalue weighted by molar-refractivity contribution is 6.31. The van der Waals surface area contributed by atoms with Crippen LogP contribution in [0.15, 0.2) is 18.2 Å². The van der Waals surface area contributed by atoms with E-state index in [1.165, 1.54) is 6.42 Å². The lowest BCUT2D eigenvalue weighted by molar-refractivity contribution is -0.141. The third-order valence-corrected chi connectivity index (χ3v) is 5.14. The highest BCUT2D eigenvalue weighted by atomic mass is 35.5. The van der Waals surface area contributed by atoms with E-state index in [2.05, 4.69) is 11.0 Å². The molecule has 0 aliphatic heterocycles. The summed E-state index contributed by atoms with van der Waals surface area (Å²) in [7, 11) is 2.04. The zero-order valence-electron chi connectivity index (χ0n) is 12.9. The van der Waals surface area contributed by atoms with Crippen LogP contribution in [0.5, 0.6) is 0 Å². The predicted octanol–water partition coefficient (Wildman–Crippen LogP) is 4.26. The Morgan fingerprint density at radius 2 is 2.00 bits per heavy atom. The molecule has 0 bridgehead atoms. The number of aryl methyl sites for hydroxylation is 1. The Bertz CT molecular complexity index is 510. The van der Waals surface area contributed by atoms with Crippen LogP contribution < -0.4 is 0 Å². The molecule has 1 aliphatic carbocycles. The van der Waals surface area contributed by atoms with Crippen molar-refractivity contribution in [3.8, 4) is 0 Å². The van der Waals surface area contributed by atoms with E-state index in [0.29, 0.717) is 0 Å². The van der Waals surface area contributed by atoms with Crippen molar-refractivity contribution in [1.29, 1.82) is 0 Å². The second-order valence-corrected chi connectivity index (χ2v) is 6.70. The second-order valence-electron chi connectivity index (χ2n) is 6.30. The molecule has 4 heteroatoms. The van der Waals surface area contributed by atoms with Crippen molar-refractivity contribution in [2.24, 2.45) is 0 Å². The maximum Gasteiger partial charge on any atom is 0.305 e. The number of nitrogens with zero attached hydrogens (tertiary/aromatic N) is 1. The molecule has 0 radical (unpaired) electrons. The van der Waals surface area contributed by atoms with Gasteiger partial charge in [-0.1, -0.05) is 43.0 Å². The number of benzene rings is 1. The molecule has 0 unspecified atom stereocenters. The van der Waals surface area contributed by atoms with Crippen LogP contribution in [0.1, 0.15) is 49.7 Å². The molecule has 2 rings (SSSR count). The minimum Gasteiger partial charge on any atom is -0.481 e. The van der Waals surface area contributed by atoms with E-state index in [1.54, 1.807) is 0 Å². The van der Waals surface area contributed by atoms with Gasteiger partial charge >= 0.3 is 5.97 Å². The summed E-state index contributed by atoms with van der Waals surface area (Å²) >= 11 is 6.19. The Labute approximate surface area is 131 Å². The van der Waals surface area contributed by atoms with Gasteiger partial charge in [-0.25, -0.2) is 0 Å². The Morgan fingerprint density at radius 3 is 2.57 bits per heavy atom. The Morgan fingerprint density at radius 1 is 1.33 bits per heavy atom. The van der Waals surface area contributed by atoms with Crippen molar-refractivity contribution in [3.05, 3.63) is 34.3 Å². The number of hydrogen-bond donors (Lipinski definition) is 1. The monoisotopic (exact) mass is 309 g/mol. The van der Waals surface area contributed by atoms with Crippen molar-refractivity contribution in [2.75, 3.05) is 7.05 Å². The molecule has 116 valence electrons. The van der Waals surface area contributed by atoms with Gasteiger partial charge < -0.3 is 5.11 Å². The lowest BCUT2D eigenvalue weighted by Crippen LogP contribution is -2.49. The lowest BCUT2D eigenvalue weighted by Gasteiger charge is -2.44. The Balaban J connectivity index is 2.15. The molecule has 1 aromatic carbocycles. The van der Waals surface area contributed by atoms with E-state index in [-0.39, 0.29) is 12.0 Å². The topological polar surface area (TPSA) is 40.5 Å². The molecule has 1 saturated carbocycles. The van der Waals surface area contributed by atoms with Crippen LogP contribution in [0.4, 0.5) is 0 Å². The molecule has 0 heterocycles. The van der Waals surface area contributed by atoms with Crippen LogP contribution in [-0.4, -0.2) is 28.6 Å². The molecule has 1 N–H and O–H groups in total. The first-order chi connectivity index (χ1) is 9.93. The van der Waals surface area contributed by atoms with Crippen LogP contribution in [0, 0.1) is 6.92 Å². The predicted molar refractivity (Wildman–Crippen MR) is 85.7 cm³/mol. The van der Waals surface area contributed by atoms with Gasteiger partial charge in [-0.3, -0.25) is 9.69 Å². The Hall–Kier alpha value is -1.06. The first-order valence-electron chi connectivity index (χ1n) is 7.61.